The molecule has 0 fully saturated rings. The third-order valence-electron chi connectivity index (χ3n) is 18.2. The van der Waals surface area contributed by atoms with E-state index in [4.69, 9.17) is 4.74 Å². The summed E-state index contributed by atoms with van der Waals surface area (Å²) in [5.41, 5.74) is 0. The van der Waals surface area contributed by atoms with E-state index in [1.807, 2.05) is 0 Å². The molecular formula is C75H149NO5. The second kappa shape index (κ2) is 71.3. The van der Waals surface area contributed by atoms with E-state index in [-0.39, 0.29) is 18.5 Å². The topological polar surface area (TPSA) is 95.9 Å². The first-order valence-corrected chi connectivity index (χ1v) is 37.8. The van der Waals surface area contributed by atoms with Crippen molar-refractivity contribution in [2.75, 3.05) is 13.2 Å². The van der Waals surface area contributed by atoms with E-state index in [0.717, 1.165) is 38.5 Å². The number of carbonyl (C=O) groups excluding carboxylic acids is 2. The average molecular weight is 1150 g/mol. The highest BCUT2D eigenvalue weighted by atomic mass is 16.5. The molecule has 1 amide bonds. The van der Waals surface area contributed by atoms with Crippen molar-refractivity contribution in [3.8, 4) is 0 Å². The van der Waals surface area contributed by atoms with Gasteiger partial charge in [0.2, 0.25) is 5.91 Å². The van der Waals surface area contributed by atoms with Crippen LogP contribution in [0.15, 0.2) is 0 Å². The highest BCUT2D eigenvalue weighted by Crippen LogP contribution is 2.20. The lowest BCUT2D eigenvalue weighted by Crippen LogP contribution is -2.45. The van der Waals surface area contributed by atoms with Gasteiger partial charge in [0, 0.05) is 12.8 Å². The van der Waals surface area contributed by atoms with Crippen molar-refractivity contribution in [1.29, 1.82) is 0 Å². The van der Waals surface area contributed by atoms with Crippen LogP contribution in [0.3, 0.4) is 0 Å². The predicted molar refractivity (Wildman–Crippen MR) is 357 cm³/mol. The standard InChI is InChI=1S/C75H149NO5/c1-3-5-7-9-11-13-15-16-17-18-39-42-45-49-53-57-61-65-69-75(80)81-70-66-62-58-54-50-46-43-40-37-35-33-31-29-27-25-23-21-19-20-22-24-26-28-30-32-34-36-38-41-44-48-52-56-60-64-68-74(79)76-72(71-77)73(78)67-63-59-55-51-47-14-12-10-8-6-4-2/h72-73,77-78H,3-71H2,1-2H3,(H,76,79). The summed E-state index contributed by atoms with van der Waals surface area (Å²) < 4.78 is 5.52. The lowest BCUT2D eigenvalue weighted by molar-refractivity contribution is -0.143. The van der Waals surface area contributed by atoms with Crippen molar-refractivity contribution < 1.29 is 24.5 Å². The minimum atomic E-state index is -0.658. The smallest absolute Gasteiger partial charge is 0.305 e. The van der Waals surface area contributed by atoms with Crippen molar-refractivity contribution in [2.24, 2.45) is 0 Å². The van der Waals surface area contributed by atoms with Gasteiger partial charge in [-0.2, -0.15) is 0 Å². The Hall–Kier alpha value is -1.14. The molecule has 3 N–H and O–H groups in total. The van der Waals surface area contributed by atoms with Gasteiger partial charge < -0.3 is 20.3 Å². The number of nitrogens with one attached hydrogen (secondary N) is 1. The molecule has 0 saturated carbocycles. The van der Waals surface area contributed by atoms with Gasteiger partial charge in [-0.05, 0) is 25.7 Å². The van der Waals surface area contributed by atoms with Crippen LogP contribution in [0.25, 0.3) is 0 Å². The summed E-state index contributed by atoms with van der Waals surface area (Å²) in [5, 5.41) is 23.2. The quantitative estimate of drug-likeness (QED) is 0.0417. The molecule has 0 aromatic carbocycles. The van der Waals surface area contributed by atoms with E-state index in [2.05, 4.69) is 19.2 Å². The van der Waals surface area contributed by atoms with Crippen LogP contribution in [-0.2, 0) is 14.3 Å². The van der Waals surface area contributed by atoms with Gasteiger partial charge in [-0.1, -0.05) is 406 Å². The molecule has 0 bridgehead atoms. The Balaban J connectivity index is 3.26. The van der Waals surface area contributed by atoms with Crippen LogP contribution in [0, 0.1) is 0 Å². The van der Waals surface area contributed by atoms with Crippen LogP contribution in [0.2, 0.25) is 0 Å². The van der Waals surface area contributed by atoms with E-state index < -0.39 is 12.1 Å². The monoisotopic (exact) mass is 1140 g/mol. The summed E-state index contributed by atoms with van der Waals surface area (Å²) >= 11 is 0. The zero-order valence-corrected chi connectivity index (χ0v) is 55.6. The Bertz CT molecular complexity index is 1180. The van der Waals surface area contributed by atoms with E-state index in [9.17, 15) is 19.8 Å². The number of esters is 1. The van der Waals surface area contributed by atoms with Gasteiger partial charge in [0.15, 0.2) is 0 Å². The normalized spacial score (nSPS) is 12.4. The first kappa shape index (κ1) is 79.9. The van der Waals surface area contributed by atoms with Crippen molar-refractivity contribution in [3.63, 3.8) is 0 Å². The lowest BCUT2D eigenvalue weighted by atomic mass is 10.0. The maximum Gasteiger partial charge on any atom is 0.305 e. The molecule has 0 radical (unpaired) electrons. The molecule has 0 aliphatic carbocycles. The van der Waals surface area contributed by atoms with E-state index in [1.165, 1.54) is 372 Å². The van der Waals surface area contributed by atoms with Gasteiger partial charge in [-0.15, -0.1) is 0 Å². The third-order valence-corrected chi connectivity index (χ3v) is 18.2. The zero-order chi connectivity index (χ0) is 58.5. The van der Waals surface area contributed by atoms with Crippen LogP contribution in [0.4, 0.5) is 0 Å². The molecule has 0 spiro atoms. The molecule has 2 atom stereocenters. The van der Waals surface area contributed by atoms with Crippen LogP contribution >= 0.6 is 0 Å². The average Bonchev–Trinajstić information content (AvgIpc) is 3.47. The molecule has 0 saturated heterocycles. The SMILES string of the molecule is CCCCCCCCCCCCCCCCCCCCC(=O)OCCCCCCCCCCCCCCCCCCCCCCCCCCCCCCCCCCCCCC(=O)NC(CO)C(O)CCCCCCCCCCCCC. The van der Waals surface area contributed by atoms with Gasteiger partial charge in [0.25, 0.3) is 0 Å². The molecule has 0 heterocycles. The second-order valence-corrected chi connectivity index (χ2v) is 26.4. The molecule has 0 rings (SSSR count). The molecule has 0 aliphatic rings. The molecule has 484 valence electrons. The van der Waals surface area contributed by atoms with Crippen LogP contribution in [0.5, 0.6) is 0 Å². The van der Waals surface area contributed by atoms with Crippen molar-refractivity contribution in [1.82, 2.24) is 5.32 Å². The first-order valence-electron chi connectivity index (χ1n) is 37.8. The number of aliphatic hydroxyl groups is 2. The number of carbonyl (C=O) groups is 2. The summed E-state index contributed by atoms with van der Waals surface area (Å²) in [7, 11) is 0. The fourth-order valence-electron chi connectivity index (χ4n) is 12.4. The molecule has 0 aliphatic heterocycles. The maximum atomic E-state index is 12.5. The van der Waals surface area contributed by atoms with Crippen LogP contribution < -0.4 is 5.32 Å². The van der Waals surface area contributed by atoms with E-state index in [1.54, 1.807) is 0 Å². The number of unbranched alkanes of at least 4 members (excludes halogenated alkanes) is 61. The van der Waals surface area contributed by atoms with E-state index >= 15 is 0 Å². The van der Waals surface area contributed by atoms with Gasteiger partial charge in [-0.25, -0.2) is 0 Å². The largest absolute Gasteiger partial charge is 0.466 e. The minimum absolute atomic E-state index is 0.0277. The van der Waals surface area contributed by atoms with Crippen LogP contribution in [-0.4, -0.2) is 47.4 Å². The number of aliphatic hydroxyl groups excluding tert-OH is 2. The highest BCUT2D eigenvalue weighted by Gasteiger charge is 2.20. The minimum Gasteiger partial charge on any atom is -0.466 e. The Labute approximate surface area is 508 Å². The fourth-order valence-corrected chi connectivity index (χ4v) is 12.4. The highest BCUT2D eigenvalue weighted by molar-refractivity contribution is 5.76. The fraction of sp³-hybridized carbons (Fsp3) is 0.973. The zero-order valence-electron chi connectivity index (χ0n) is 55.6. The predicted octanol–water partition coefficient (Wildman–Crippen LogP) is 24.5. The summed E-state index contributed by atoms with van der Waals surface area (Å²) in [6, 6.07) is -0.535. The number of hydrogen-bond acceptors (Lipinski definition) is 5. The summed E-state index contributed by atoms with van der Waals surface area (Å²) in [5.74, 6) is 0.000504. The third kappa shape index (κ3) is 67.9. The number of hydrogen-bond donors (Lipinski definition) is 3. The van der Waals surface area contributed by atoms with Crippen molar-refractivity contribution in [3.05, 3.63) is 0 Å². The number of amides is 1. The van der Waals surface area contributed by atoms with E-state index in [0.29, 0.717) is 25.9 Å². The molecular weight excluding hydrogens is 995 g/mol. The summed E-state index contributed by atoms with van der Waals surface area (Å²) in [6.07, 6.45) is 87.7. The summed E-state index contributed by atoms with van der Waals surface area (Å²) in [4.78, 5) is 24.6. The Morgan fingerprint density at radius 1 is 0.296 bits per heavy atom. The number of rotatable bonds is 72. The first-order chi connectivity index (χ1) is 40.0. The molecule has 81 heavy (non-hydrogen) atoms. The molecule has 6 heteroatoms. The van der Waals surface area contributed by atoms with Crippen molar-refractivity contribution in [2.45, 2.75) is 456 Å². The van der Waals surface area contributed by atoms with Gasteiger partial charge in [0.05, 0.1) is 25.4 Å². The van der Waals surface area contributed by atoms with Gasteiger partial charge >= 0.3 is 5.97 Å². The van der Waals surface area contributed by atoms with Crippen molar-refractivity contribution >= 4 is 11.9 Å². The second-order valence-electron chi connectivity index (χ2n) is 26.4. The maximum absolute atomic E-state index is 12.5. The molecule has 2 unspecified atom stereocenters. The molecule has 0 aromatic rings. The Morgan fingerprint density at radius 3 is 0.753 bits per heavy atom. The lowest BCUT2D eigenvalue weighted by Gasteiger charge is -2.22. The molecule has 0 aromatic heterocycles. The Kier molecular flexibility index (Phi) is 70.3. The van der Waals surface area contributed by atoms with Gasteiger partial charge in [-0.3, -0.25) is 9.59 Å². The molecule has 6 nitrogen and oxygen atoms in total. The Morgan fingerprint density at radius 2 is 0.506 bits per heavy atom. The van der Waals surface area contributed by atoms with Gasteiger partial charge in [0.1, 0.15) is 0 Å². The summed E-state index contributed by atoms with van der Waals surface area (Å²) in [6.45, 7) is 5.00. The number of ether oxygens (including phenoxy) is 1. The van der Waals surface area contributed by atoms with Crippen LogP contribution in [0.1, 0.15) is 444 Å².